The first-order valence-electron chi connectivity index (χ1n) is 6.83. The molecule has 1 heteroatoms. The fraction of sp³-hybridized carbons (Fsp3) is 0.750. The van der Waals surface area contributed by atoms with Crippen LogP contribution in [0.1, 0.15) is 67.2 Å². The highest BCUT2D eigenvalue weighted by Gasteiger charge is 2.20. The fourth-order valence-electron chi connectivity index (χ4n) is 1.67. The van der Waals surface area contributed by atoms with E-state index < -0.39 is 0 Å². The van der Waals surface area contributed by atoms with Gasteiger partial charge in [-0.1, -0.05) is 57.9 Å². The lowest BCUT2D eigenvalue weighted by Crippen LogP contribution is -2.24. The number of rotatable bonds is 6. The molecule has 1 nitrogen and oxygen atoms in total. The van der Waals surface area contributed by atoms with Crippen molar-refractivity contribution in [3.63, 3.8) is 0 Å². The topological polar surface area (TPSA) is 20.2 Å². The molecule has 0 aliphatic carbocycles. The minimum absolute atomic E-state index is 0.0207. The molecular formula is C16H30O. The van der Waals surface area contributed by atoms with E-state index in [1.54, 1.807) is 0 Å². The Kier molecular flexibility index (Phi) is 7.45. The third-order valence-corrected chi connectivity index (χ3v) is 3.45. The molecule has 0 spiro atoms. The molecular weight excluding hydrogens is 208 g/mol. The summed E-state index contributed by atoms with van der Waals surface area (Å²) >= 11 is 0. The van der Waals surface area contributed by atoms with Gasteiger partial charge in [-0.2, -0.15) is 0 Å². The maximum atomic E-state index is 9.90. The molecule has 17 heavy (non-hydrogen) atoms. The number of allylic oxidation sites excluding steroid dienone is 3. The Labute approximate surface area is 108 Å². The minimum atomic E-state index is -0.250. The largest absolute Gasteiger partial charge is 0.392 e. The molecule has 0 amide bonds. The van der Waals surface area contributed by atoms with E-state index >= 15 is 0 Å². The lowest BCUT2D eigenvalue weighted by Gasteiger charge is -2.24. The van der Waals surface area contributed by atoms with Crippen LogP contribution in [0.2, 0.25) is 0 Å². The number of hydrogen-bond donors (Lipinski definition) is 1. The standard InChI is InChI=1S/C16H30O/c1-7-13(3)14(8-2)11-9-10-12-15(17)16(4,5)6/h9-10,15,17H,7-8,11-12H2,1-6H3. The molecule has 0 bridgehead atoms. The second-order valence-electron chi connectivity index (χ2n) is 5.88. The van der Waals surface area contributed by atoms with Crippen LogP contribution in [0, 0.1) is 5.41 Å². The normalized spacial score (nSPS) is 16.2. The monoisotopic (exact) mass is 238 g/mol. The molecule has 1 atom stereocenters. The van der Waals surface area contributed by atoms with Crippen LogP contribution < -0.4 is 0 Å². The molecule has 1 N–H and O–H groups in total. The summed E-state index contributed by atoms with van der Waals surface area (Å²) in [5.74, 6) is 0. The van der Waals surface area contributed by atoms with Crippen molar-refractivity contribution in [2.45, 2.75) is 73.3 Å². The van der Waals surface area contributed by atoms with E-state index in [4.69, 9.17) is 0 Å². The van der Waals surface area contributed by atoms with E-state index in [2.05, 4.69) is 53.7 Å². The summed E-state index contributed by atoms with van der Waals surface area (Å²) in [6.45, 7) is 12.9. The first-order chi connectivity index (χ1) is 7.82. The first-order valence-corrected chi connectivity index (χ1v) is 6.83. The van der Waals surface area contributed by atoms with E-state index in [1.165, 1.54) is 11.1 Å². The summed E-state index contributed by atoms with van der Waals surface area (Å²) in [4.78, 5) is 0. The molecule has 0 saturated carbocycles. The van der Waals surface area contributed by atoms with Crippen molar-refractivity contribution in [3.05, 3.63) is 23.3 Å². The Balaban J connectivity index is 4.21. The van der Waals surface area contributed by atoms with Gasteiger partial charge in [-0.15, -0.1) is 0 Å². The lowest BCUT2D eigenvalue weighted by molar-refractivity contribution is 0.0659. The van der Waals surface area contributed by atoms with Crippen LogP contribution >= 0.6 is 0 Å². The Bertz CT molecular complexity index is 266. The van der Waals surface area contributed by atoms with Crippen molar-refractivity contribution < 1.29 is 5.11 Å². The molecule has 0 aromatic rings. The molecule has 0 aliphatic heterocycles. The second kappa shape index (κ2) is 7.71. The Morgan fingerprint density at radius 1 is 1.12 bits per heavy atom. The lowest BCUT2D eigenvalue weighted by atomic mass is 9.87. The van der Waals surface area contributed by atoms with E-state index in [1.807, 2.05) is 0 Å². The van der Waals surface area contributed by atoms with Crippen molar-refractivity contribution in [3.8, 4) is 0 Å². The van der Waals surface area contributed by atoms with Crippen LogP contribution in [0.15, 0.2) is 23.3 Å². The molecule has 0 radical (unpaired) electrons. The van der Waals surface area contributed by atoms with Gasteiger partial charge >= 0.3 is 0 Å². The van der Waals surface area contributed by atoms with Crippen LogP contribution in [-0.2, 0) is 0 Å². The molecule has 100 valence electrons. The van der Waals surface area contributed by atoms with Crippen molar-refractivity contribution in [1.82, 2.24) is 0 Å². The second-order valence-corrected chi connectivity index (χ2v) is 5.88. The average molecular weight is 238 g/mol. The Morgan fingerprint density at radius 2 is 1.71 bits per heavy atom. The Morgan fingerprint density at radius 3 is 2.12 bits per heavy atom. The van der Waals surface area contributed by atoms with Gasteiger partial charge in [-0.3, -0.25) is 0 Å². The molecule has 0 fully saturated rings. The molecule has 0 rings (SSSR count). The SMILES string of the molecule is CCC(C)=C(CC)CC=CCC(O)C(C)(C)C. The highest BCUT2D eigenvalue weighted by molar-refractivity contribution is 5.14. The molecule has 0 heterocycles. The van der Waals surface area contributed by atoms with E-state index in [0.29, 0.717) is 0 Å². The van der Waals surface area contributed by atoms with Gasteiger partial charge in [-0.25, -0.2) is 0 Å². The van der Waals surface area contributed by atoms with Gasteiger partial charge < -0.3 is 5.11 Å². The first kappa shape index (κ1) is 16.4. The fourth-order valence-corrected chi connectivity index (χ4v) is 1.67. The van der Waals surface area contributed by atoms with E-state index in [-0.39, 0.29) is 11.5 Å². The van der Waals surface area contributed by atoms with Crippen molar-refractivity contribution in [1.29, 1.82) is 0 Å². The smallest absolute Gasteiger partial charge is 0.0622 e. The maximum absolute atomic E-state index is 9.90. The Hall–Kier alpha value is -0.560. The summed E-state index contributed by atoms with van der Waals surface area (Å²) in [5, 5.41) is 9.90. The van der Waals surface area contributed by atoms with Gasteiger partial charge in [0.25, 0.3) is 0 Å². The summed E-state index contributed by atoms with van der Waals surface area (Å²) in [6, 6.07) is 0. The van der Waals surface area contributed by atoms with E-state index in [9.17, 15) is 5.11 Å². The van der Waals surface area contributed by atoms with Crippen LogP contribution in [0.3, 0.4) is 0 Å². The third-order valence-electron chi connectivity index (χ3n) is 3.45. The van der Waals surface area contributed by atoms with Gasteiger partial charge in [0.05, 0.1) is 6.10 Å². The van der Waals surface area contributed by atoms with Crippen molar-refractivity contribution in [2.24, 2.45) is 5.41 Å². The highest BCUT2D eigenvalue weighted by atomic mass is 16.3. The zero-order valence-corrected chi connectivity index (χ0v) is 12.5. The summed E-state index contributed by atoms with van der Waals surface area (Å²) < 4.78 is 0. The molecule has 0 aromatic heterocycles. The molecule has 0 aromatic carbocycles. The van der Waals surface area contributed by atoms with Gasteiger partial charge in [-0.05, 0) is 38.0 Å². The molecule has 0 saturated heterocycles. The van der Waals surface area contributed by atoms with Crippen LogP contribution in [0.5, 0.6) is 0 Å². The predicted octanol–water partition coefficient (Wildman–Crippen LogP) is 4.87. The average Bonchev–Trinajstić information content (AvgIpc) is 2.26. The number of hydrogen-bond acceptors (Lipinski definition) is 1. The van der Waals surface area contributed by atoms with Crippen molar-refractivity contribution >= 4 is 0 Å². The zero-order valence-electron chi connectivity index (χ0n) is 12.5. The number of aliphatic hydroxyl groups is 1. The quantitative estimate of drug-likeness (QED) is 0.655. The summed E-state index contributed by atoms with van der Waals surface area (Å²) in [5.41, 5.74) is 3.02. The zero-order chi connectivity index (χ0) is 13.5. The molecule has 1 unspecified atom stereocenters. The predicted molar refractivity (Wildman–Crippen MR) is 77.1 cm³/mol. The van der Waals surface area contributed by atoms with Gasteiger partial charge in [0.15, 0.2) is 0 Å². The van der Waals surface area contributed by atoms with Crippen LogP contribution in [0.25, 0.3) is 0 Å². The summed E-state index contributed by atoms with van der Waals surface area (Å²) in [7, 11) is 0. The van der Waals surface area contributed by atoms with E-state index in [0.717, 1.165) is 25.7 Å². The maximum Gasteiger partial charge on any atom is 0.0622 e. The van der Waals surface area contributed by atoms with Crippen LogP contribution in [-0.4, -0.2) is 11.2 Å². The van der Waals surface area contributed by atoms with Crippen LogP contribution in [0.4, 0.5) is 0 Å². The minimum Gasteiger partial charge on any atom is -0.392 e. The summed E-state index contributed by atoms with van der Waals surface area (Å²) in [6.07, 6.45) is 8.13. The number of aliphatic hydroxyl groups excluding tert-OH is 1. The van der Waals surface area contributed by atoms with Crippen molar-refractivity contribution in [2.75, 3.05) is 0 Å². The molecule has 0 aliphatic rings. The van der Waals surface area contributed by atoms with Gasteiger partial charge in [0.1, 0.15) is 0 Å². The van der Waals surface area contributed by atoms with Gasteiger partial charge in [0, 0.05) is 0 Å². The third kappa shape index (κ3) is 6.68. The highest BCUT2D eigenvalue weighted by Crippen LogP contribution is 2.22. The van der Waals surface area contributed by atoms with Gasteiger partial charge in [0.2, 0.25) is 0 Å².